The molecule has 0 aliphatic heterocycles. The molecule has 0 unspecified atom stereocenters. The number of aryl methyl sites for hydroxylation is 2. The van der Waals surface area contributed by atoms with Gasteiger partial charge in [0.1, 0.15) is 17.4 Å². The van der Waals surface area contributed by atoms with Gasteiger partial charge in [-0.05, 0) is 32.4 Å². The lowest BCUT2D eigenvalue weighted by Gasteiger charge is -1.98. The molecule has 0 bridgehead atoms. The number of hydrogen-bond acceptors (Lipinski definition) is 3. The van der Waals surface area contributed by atoms with E-state index in [1.807, 2.05) is 37.3 Å². The minimum Gasteiger partial charge on any atom is -0.444 e. The van der Waals surface area contributed by atoms with Crippen LogP contribution >= 0.6 is 0 Å². The van der Waals surface area contributed by atoms with E-state index in [9.17, 15) is 4.79 Å². The lowest BCUT2D eigenvalue weighted by Crippen LogP contribution is -2.08. The van der Waals surface area contributed by atoms with Crippen LogP contribution in [0.2, 0.25) is 0 Å². The minimum atomic E-state index is -0.333. The summed E-state index contributed by atoms with van der Waals surface area (Å²) in [4.78, 5) is 11.9. The van der Waals surface area contributed by atoms with Crippen molar-refractivity contribution in [2.45, 2.75) is 20.8 Å². The van der Waals surface area contributed by atoms with Gasteiger partial charge in [0.05, 0.1) is 0 Å². The number of furan rings is 1. The second kappa shape index (κ2) is 6.10. The average Bonchev–Trinajstić information content (AvgIpc) is 2.72. The summed E-state index contributed by atoms with van der Waals surface area (Å²) in [6.07, 6.45) is 3.13. The van der Waals surface area contributed by atoms with Gasteiger partial charge in [-0.15, -0.1) is 0 Å². The van der Waals surface area contributed by atoms with Crippen LogP contribution in [0.5, 0.6) is 0 Å². The Balaban J connectivity index is 2.10. The number of anilines is 1. The van der Waals surface area contributed by atoms with E-state index in [2.05, 4.69) is 5.32 Å². The smallest absolute Gasteiger partial charge is 0.250 e. The highest BCUT2D eigenvalue weighted by atomic mass is 16.4. The summed E-state index contributed by atoms with van der Waals surface area (Å²) in [5.41, 5.74) is 3.21. The van der Waals surface area contributed by atoms with Crippen molar-refractivity contribution in [2.75, 3.05) is 5.32 Å². The molecule has 2 aromatic rings. The van der Waals surface area contributed by atoms with E-state index in [1.165, 1.54) is 6.08 Å². The SMILES string of the molecule is Cc1ccc(/C=C/C(=O)Nc2oc(C)c(C)c2C#N)cc1. The molecule has 0 saturated carbocycles. The molecule has 2 rings (SSSR count). The number of carbonyl (C=O) groups is 1. The van der Waals surface area contributed by atoms with Gasteiger partial charge < -0.3 is 4.42 Å². The number of amides is 1. The third-order valence-electron chi connectivity index (χ3n) is 3.24. The van der Waals surface area contributed by atoms with Crippen LogP contribution in [0, 0.1) is 32.1 Å². The standard InChI is InChI=1S/C17H16N2O2/c1-11-4-6-14(7-5-11)8-9-16(20)19-17-15(10-18)12(2)13(3)21-17/h4-9H,1-3H3,(H,19,20)/b9-8+. The monoisotopic (exact) mass is 280 g/mol. The Morgan fingerprint density at radius 1 is 1.24 bits per heavy atom. The fraction of sp³-hybridized carbons (Fsp3) is 0.176. The van der Waals surface area contributed by atoms with Crippen molar-refractivity contribution in [3.63, 3.8) is 0 Å². The average molecular weight is 280 g/mol. The van der Waals surface area contributed by atoms with Crippen molar-refractivity contribution < 1.29 is 9.21 Å². The Labute approximate surface area is 123 Å². The Morgan fingerprint density at radius 2 is 1.90 bits per heavy atom. The first-order chi connectivity index (χ1) is 10.0. The zero-order chi connectivity index (χ0) is 15.4. The van der Waals surface area contributed by atoms with Crippen LogP contribution in [-0.4, -0.2) is 5.91 Å². The fourth-order valence-corrected chi connectivity index (χ4v) is 1.85. The second-order valence-electron chi connectivity index (χ2n) is 4.83. The summed E-state index contributed by atoms with van der Waals surface area (Å²) in [6, 6.07) is 9.85. The summed E-state index contributed by atoms with van der Waals surface area (Å²) in [5.74, 6) is 0.497. The molecule has 1 N–H and O–H groups in total. The first-order valence-electron chi connectivity index (χ1n) is 6.57. The maximum absolute atomic E-state index is 11.9. The lowest BCUT2D eigenvalue weighted by atomic mass is 10.1. The van der Waals surface area contributed by atoms with E-state index in [1.54, 1.807) is 19.9 Å². The number of nitriles is 1. The van der Waals surface area contributed by atoms with Crippen LogP contribution < -0.4 is 5.32 Å². The van der Waals surface area contributed by atoms with Gasteiger partial charge in [0.15, 0.2) is 0 Å². The summed E-state index contributed by atoms with van der Waals surface area (Å²) in [7, 11) is 0. The van der Waals surface area contributed by atoms with E-state index in [4.69, 9.17) is 9.68 Å². The third kappa shape index (κ3) is 3.40. The molecule has 1 aromatic carbocycles. The molecule has 1 amide bonds. The number of benzene rings is 1. The molecule has 21 heavy (non-hydrogen) atoms. The van der Waals surface area contributed by atoms with Crippen molar-refractivity contribution in [1.29, 1.82) is 5.26 Å². The largest absolute Gasteiger partial charge is 0.444 e. The van der Waals surface area contributed by atoms with E-state index in [0.29, 0.717) is 11.3 Å². The highest BCUT2D eigenvalue weighted by Gasteiger charge is 2.15. The Hall–Kier alpha value is -2.80. The van der Waals surface area contributed by atoms with Gasteiger partial charge in [0.25, 0.3) is 5.91 Å². The van der Waals surface area contributed by atoms with Gasteiger partial charge in [-0.25, -0.2) is 0 Å². The normalized spacial score (nSPS) is 10.6. The zero-order valence-corrected chi connectivity index (χ0v) is 12.2. The molecular formula is C17H16N2O2. The maximum atomic E-state index is 11.9. The van der Waals surface area contributed by atoms with Crippen LogP contribution in [0.15, 0.2) is 34.8 Å². The molecule has 1 aromatic heterocycles. The predicted octanol–water partition coefficient (Wildman–Crippen LogP) is 3.73. The first kappa shape index (κ1) is 14.6. The molecule has 0 radical (unpaired) electrons. The van der Waals surface area contributed by atoms with Crippen LogP contribution in [0.1, 0.15) is 28.0 Å². The van der Waals surface area contributed by atoms with E-state index >= 15 is 0 Å². The molecule has 106 valence electrons. The summed E-state index contributed by atoms with van der Waals surface area (Å²) in [5, 5.41) is 11.7. The molecule has 0 atom stereocenters. The molecule has 4 heteroatoms. The molecule has 4 nitrogen and oxygen atoms in total. The summed E-state index contributed by atoms with van der Waals surface area (Å²) >= 11 is 0. The third-order valence-corrected chi connectivity index (χ3v) is 3.24. The van der Waals surface area contributed by atoms with E-state index in [0.717, 1.165) is 16.7 Å². The van der Waals surface area contributed by atoms with Crippen LogP contribution in [0.4, 0.5) is 5.88 Å². The topological polar surface area (TPSA) is 66.0 Å². The van der Waals surface area contributed by atoms with Crippen molar-refractivity contribution in [3.8, 4) is 6.07 Å². The number of nitrogens with zero attached hydrogens (tertiary/aromatic N) is 1. The molecule has 0 fully saturated rings. The van der Waals surface area contributed by atoms with Crippen LogP contribution in [0.25, 0.3) is 6.08 Å². The van der Waals surface area contributed by atoms with Gasteiger partial charge in [0, 0.05) is 11.6 Å². The first-order valence-corrected chi connectivity index (χ1v) is 6.57. The van der Waals surface area contributed by atoms with Gasteiger partial charge >= 0.3 is 0 Å². The predicted molar refractivity (Wildman–Crippen MR) is 81.7 cm³/mol. The molecule has 0 aliphatic carbocycles. The van der Waals surface area contributed by atoms with Crippen LogP contribution in [-0.2, 0) is 4.79 Å². The van der Waals surface area contributed by atoms with E-state index < -0.39 is 0 Å². The lowest BCUT2D eigenvalue weighted by molar-refractivity contribution is -0.111. The molecule has 0 aliphatic rings. The molecule has 1 heterocycles. The van der Waals surface area contributed by atoms with Crippen molar-refractivity contribution in [2.24, 2.45) is 0 Å². The second-order valence-corrected chi connectivity index (χ2v) is 4.83. The minimum absolute atomic E-state index is 0.200. The van der Waals surface area contributed by atoms with Gasteiger partial charge in [-0.3, -0.25) is 10.1 Å². The van der Waals surface area contributed by atoms with Gasteiger partial charge in [0.2, 0.25) is 5.88 Å². The number of rotatable bonds is 3. The zero-order valence-electron chi connectivity index (χ0n) is 12.2. The maximum Gasteiger partial charge on any atom is 0.250 e. The molecule has 0 spiro atoms. The van der Waals surface area contributed by atoms with E-state index in [-0.39, 0.29) is 11.8 Å². The van der Waals surface area contributed by atoms with Crippen molar-refractivity contribution in [3.05, 3.63) is 58.4 Å². The van der Waals surface area contributed by atoms with Gasteiger partial charge in [-0.2, -0.15) is 5.26 Å². The summed E-state index contributed by atoms with van der Waals surface area (Å²) < 4.78 is 5.39. The fourth-order valence-electron chi connectivity index (χ4n) is 1.85. The number of carbonyl (C=O) groups excluding carboxylic acids is 1. The molecular weight excluding hydrogens is 264 g/mol. The Morgan fingerprint density at radius 3 is 2.52 bits per heavy atom. The highest BCUT2D eigenvalue weighted by Crippen LogP contribution is 2.25. The highest BCUT2D eigenvalue weighted by molar-refractivity contribution is 6.01. The van der Waals surface area contributed by atoms with Crippen LogP contribution in [0.3, 0.4) is 0 Å². The number of nitrogens with one attached hydrogen (secondary N) is 1. The summed E-state index contributed by atoms with van der Waals surface area (Å²) in [6.45, 7) is 5.55. The van der Waals surface area contributed by atoms with Crippen molar-refractivity contribution in [1.82, 2.24) is 0 Å². The molecule has 0 saturated heterocycles. The number of hydrogen-bond donors (Lipinski definition) is 1. The van der Waals surface area contributed by atoms with Crippen molar-refractivity contribution >= 4 is 17.9 Å². The quantitative estimate of drug-likeness (QED) is 0.871. The van der Waals surface area contributed by atoms with Gasteiger partial charge in [-0.1, -0.05) is 29.8 Å². The Bertz CT molecular complexity index is 731. The Kier molecular flexibility index (Phi) is 4.24.